The Morgan fingerprint density at radius 3 is 2.11 bits per heavy atom. The van der Waals surface area contributed by atoms with Crippen molar-refractivity contribution in [2.45, 2.75) is 23.8 Å². The molecule has 186 valence electrons. The van der Waals surface area contributed by atoms with Crippen LogP contribution in [0.15, 0.2) is 87.1 Å². The number of hydrogen-bond donors (Lipinski definition) is 0. The lowest BCUT2D eigenvalue weighted by Gasteiger charge is -2.36. The summed E-state index contributed by atoms with van der Waals surface area (Å²) in [4.78, 5) is 9.01. The number of nitrogens with zero attached hydrogens (tertiary/aromatic N) is 3. The smallest absolute Gasteiger partial charge is 0.236 e. The van der Waals surface area contributed by atoms with Crippen LogP contribution in [-0.2, 0) is 9.84 Å². The van der Waals surface area contributed by atoms with Crippen LogP contribution in [0.4, 0.5) is 11.6 Å². The highest BCUT2D eigenvalue weighted by Gasteiger charge is 2.33. The van der Waals surface area contributed by atoms with Crippen LogP contribution in [0, 0.1) is 13.8 Å². The Kier molecular flexibility index (Phi) is 6.45. The normalized spacial score (nSPS) is 14.2. The summed E-state index contributed by atoms with van der Waals surface area (Å²) in [6, 6.07) is 22.5. The molecule has 1 aromatic heterocycles. The highest BCUT2D eigenvalue weighted by molar-refractivity contribution is 7.91. The second-order valence-electron chi connectivity index (χ2n) is 8.93. The van der Waals surface area contributed by atoms with Crippen molar-refractivity contribution in [3.8, 4) is 17.2 Å². The van der Waals surface area contributed by atoms with E-state index in [-0.39, 0.29) is 9.92 Å². The number of hydrogen-bond acceptors (Lipinski definition) is 7. The van der Waals surface area contributed by atoms with Crippen LogP contribution in [0.3, 0.4) is 0 Å². The molecule has 5 rings (SSSR count). The number of anilines is 2. The van der Waals surface area contributed by atoms with Gasteiger partial charge in [0.2, 0.25) is 26.6 Å². The van der Waals surface area contributed by atoms with Crippen LogP contribution in [0.5, 0.6) is 5.75 Å². The summed E-state index contributed by atoms with van der Waals surface area (Å²) >= 11 is 0. The van der Waals surface area contributed by atoms with E-state index in [1.807, 2.05) is 67.3 Å². The zero-order valence-corrected chi connectivity index (χ0v) is 21.5. The lowest BCUT2D eigenvalue weighted by molar-refractivity contribution is 0.415. The first-order valence-corrected chi connectivity index (χ1v) is 13.4. The van der Waals surface area contributed by atoms with Crippen LogP contribution < -0.4 is 14.5 Å². The first-order chi connectivity index (χ1) is 17.4. The van der Waals surface area contributed by atoms with Crippen LogP contribution in [0.1, 0.15) is 11.1 Å². The largest absolute Gasteiger partial charge is 0.497 e. The van der Waals surface area contributed by atoms with Gasteiger partial charge in [-0.2, -0.15) is 4.98 Å². The van der Waals surface area contributed by atoms with Crippen molar-refractivity contribution in [1.82, 2.24) is 4.98 Å². The summed E-state index contributed by atoms with van der Waals surface area (Å²) < 4.78 is 38.9. The van der Waals surface area contributed by atoms with Crippen LogP contribution in [0.25, 0.3) is 11.5 Å². The standard InChI is InChI=1S/C28H29N3O4S/c1-20-8-14-24(15-9-20)36(32,33)27-28(35-26(29-27)25-7-5-4-6-21(25)2)31-18-16-30(17-19-31)22-10-12-23(34-3)13-11-22/h4-15H,16-19H2,1-3H3. The van der Waals surface area contributed by atoms with Crippen LogP contribution in [-0.4, -0.2) is 46.7 Å². The molecule has 1 aliphatic rings. The van der Waals surface area contributed by atoms with E-state index in [1.54, 1.807) is 31.4 Å². The monoisotopic (exact) mass is 503 g/mol. The van der Waals surface area contributed by atoms with Gasteiger partial charge in [-0.05, 0) is 61.9 Å². The Bertz CT molecular complexity index is 1450. The molecular formula is C28H29N3O4S. The number of ether oxygens (including phenoxy) is 1. The van der Waals surface area contributed by atoms with E-state index in [0.29, 0.717) is 24.9 Å². The summed E-state index contributed by atoms with van der Waals surface area (Å²) in [5.41, 5.74) is 3.83. The fourth-order valence-corrected chi connectivity index (χ4v) is 5.71. The first-order valence-electron chi connectivity index (χ1n) is 11.9. The number of oxazole rings is 1. The van der Waals surface area contributed by atoms with Crippen molar-refractivity contribution in [3.05, 3.63) is 83.9 Å². The fraction of sp³-hybridized carbons (Fsp3) is 0.250. The molecule has 2 heterocycles. The van der Waals surface area contributed by atoms with Crippen molar-refractivity contribution < 1.29 is 17.6 Å². The number of benzene rings is 3. The van der Waals surface area contributed by atoms with E-state index in [0.717, 1.165) is 41.2 Å². The van der Waals surface area contributed by atoms with Gasteiger partial charge >= 0.3 is 0 Å². The van der Waals surface area contributed by atoms with Crippen molar-refractivity contribution in [1.29, 1.82) is 0 Å². The van der Waals surface area contributed by atoms with Crippen molar-refractivity contribution in [3.63, 3.8) is 0 Å². The van der Waals surface area contributed by atoms with Crippen molar-refractivity contribution in [2.24, 2.45) is 0 Å². The van der Waals surface area contributed by atoms with E-state index >= 15 is 0 Å². The molecule has 0 bridgehead atoms. The highest BCUT2D eigenvalue weighted by atomic mass is 32.2. The third-order valence-corrected chi connectivity index (χ3v) is 8.21. The van der Waals surface area contributed by atoms with E-state index in [1.165, 1.54) is 0 Å². The number of piperazine rings is 1. The minimum absolute atomic E-state index is 0.0393. The zero-order valence-electron chi connectivity index (χ0n) is 20.6. The molecule has 0 atom stereocenters. The number of aromatic nitrogens is 1. The number of sulfone groups is 1. The van der Waals surface area contributed by atoms with Crippen molar-refractivity contribution >= 4 is 21.4 Å². The maximum absolute atomic E-state index is 13.7. The number of methoxy groups -OCH3 is 1. The Hall–Kier alpha value is -3.78. The van der Waals surface area contributed by atoms with Gasteiger partial charge in [-0.15, -0.1) is 0 Å². The van der Waals surface area contributed by atoms with Gasteiger partial charge in [0.25, 0.3) is 0 Å². The van der Waals surface area contributed by atoms with Gasteiger partial charge in [0.15, 0.2) is 0 Å². The van der Waals surface area contributed by atoms with Crippen LogP contribution >= 0.6 is 0 Å². The summed E-state index contributed by atoms with van der Waals surface area (Å²) in [5.74, 6) is 1.42. The molecule has 0 amide bonds. The van der Waals surface area contributed by atoms with E-state index in [4.69, 9.17) is 9.15 Å². The molecule has 0 unspecified atom stereocenters. The van der Waals surface area contributed by atoms with E-state index in [2.05, 4.69) is 9.88 Å². The van der Waals surface area contributed by atoms with Gasteiger partial charge in [0.05, 0.1) is 12.0 Å². The molecule has 1 fully saturated rings. The highest BCUT2D eigenvalue weighted by Crippen LogP contribution is 2.36. The molecule has 36 heavy (non-hydrogen) atoms. The quantitative estimate of drug-likeness (QED) is 0.361. The van der Waals surface area contributed by atoms with Crippen LogP contribution in [0.2, 0.25) is 0 Å². The first kappa shape index (κ1) is 23.9. The Morgan fingerprint density at radius 1 is 0.833 bits per heavy atom. The summed E-state index contributed by atoms with van der Waals surface area (Å²) in [6.45, 7) is 6.53. The third kappa shape index (κ3) is 4.56. The molecule has 0 N–H and O–H groups in total. The average Bonchev–Trinajstić information content (AvgIpc) is 3.36. The second kappa shape index (κ2) is 9.70. The second-order valence-corrected chi connectivity index (χ2v) is 10.8. The van der Waals surface area contributed by atoms with Gasteiger partial charge in [0.1, 0.15) is 5.75 Å². The molecule has 0 spiro atoms. The Balaban J connectivity index is 1.49. The minimum Gasteiger partial charge on any atom is -0.497 e. The Morgan fingerprint density at radius 2 is 1.47 bits per heavy atom. The zero-order chi connectivity index (χ0) is 25.3. The van der Waals surface area contributed by atoms with Gasteiger partial charge in [-0.25, -0.2) is 8.42 Å². The summed E-state index contributed by atoms with van der Waals surface area (Å²) in [5, 5.41) is -0.0393. The molecule has 8 heteroatoms. The third-order valence-electron chi connectivity index (χ3n) is 6.55. The molecular weight excluding hydrogens is 474 g/mol. The predicted octanol–water partition coefficient (Wildman–Crippen LogP) is 5.13. The summed E-state index contributed by atoms with van der Waals surface area (Å²) in [7, 11) is -2.23. The number of aryl methyl sites for hydroxylation is 2. The molecule has 7 nitrogen and oxygen atoms in total. The lowest BCUT2D eigenvalue weighted by atomic mass is 10.1. The van der Waals surface area contributed by atoms with Gasteiger partial charge in [0, 0.05) is 37.4 Å². The van der Waals surface area contributed by atoms with Gasteiger partial charge in [-0.1, -0.05) is 35.9 Å². The predicted molar refractivity (Wildman–Crippen MR) is 141 cm³/mol. The van der Waals surface area contributed by atoms with E-state index < -0.39 is 9.84 Å². The molecule has 4 aromatic rings. The molecule has 1 saturated heterocycles. The molecule has 0 radical (unpaired) electrons. The molecule has 0 aliphatic carbocycles. The summed E-state index contributed by atoms with van der Waals surface area (Å²) in [6.07, 6.45) is 0. The minimum atomic E-state index is -3.88. The lowest BCUT2D eigenvalue weighted by Crippen LogP contribution is -2.46. The average molecular weight is 504 g/mol. The topological polar surface area (TPSA) is 75.9 Å². The Labute approximate surface area is 211 Å². The molecule has 0 saturated carbocycles. The maximum atomic E-state index is 13.7. The van der Waals surface area contributed by atoms with E-state index in [9.17, 15) is 8.42 Å². The number of rotatable bonds is 6. The molecule has 3 aromatic carbocycles. The van der Waals surface area contributed by atoms with Crippen molar-refractivity contribution in [2.75, 3.05) is 43.1 Å². The van der Waals surface area contributed by atoms with Gasteiger partial charge in [-0.3, -0.25) is 0 Å². The van der Waals surface area contributed by atoms with Gasteiger partial charge < -0.3 is 19.0 Å². The molecule has 1 aliphatic heterocycles. The fourth-order valence-electron chi connectivity index (χ4n) is 4.39. The SMILES string of the molecule is COc1ccc(N2CCN(c3oc(-c4ccccc4C)nc3S(=O)(=O)c3ccc(C)cc3)CC2)cc1. The maximum Gasteiger partial charge on any atom is 0.236 e.